The van der Waals surface area contributed by atoms with Crippen LogP contribution >= 0.6 is 0 Å². The highest BCUT2D eigenvalue weighted by Gasteiger charge is 2.40. The van der Waals surface area contributed by atoms with Crippen molar-refractivity contribution in [3.63, 3.8) is 0 Å². The van der Waals surface area contributed by atoms with Gasteiger partial charge in [-0.3, -0.25) is 29.0 Å². The molecule has 6 heteroatoms. The highest BCUT2D eigenvalue weighted by molar-refractivity contribution is 6.45. The van der Waals surface area contributed by atoms with Crippen LogP contribution in [0.25, 0.3) is 75.4 Å². The molecule has 4 amide bonds. The van der Waals surface area contributed by atoms with Crippen molar-refractivity contribution in [1.29, 1.82) is 0 Å². The largest absolute Gasteiger partial charge is 0.271 e. The first-order valence-electron chi connectivity index (χ1n) is 23.4. The molecule has 8 aromatic carbocycles. The third-order valence-corrected chi connectivity index (χ3v) is 14.5. The summed E-state index contributed by atoms with van der Waals surface area (Å²) < 4.78 is 0. The second-order valence-corrected chi connectivity index (χ2v) is 18.1. The molecule has 310 valence electrons. The van der Waals surface area contributed by atoms with Crippen LogP contribution in [0.2, 0.25) is 0 Å². The van der Waals surface area contributed by atoms with Gasteiger partial charge in [-0.15, -0.1) is 0 Å². The van der Waals surface area contributed by atoms with Gasteiger partial charge in [0, 0.05) is 45.1 Å². The van der Waals surface area contributed by atoms with Crippen LogP contribution in [-0.2, 0) is 0 Å². The van der Waals surface area contributed by atoms with Crippen molar-refractivity contribution in [3.8, 4) is 0 Å². The lowest BCUT2D eigenvalue weighted by Gasteiger charge is -2.35. The third kappa shape index (κ3) is 5.87. The molecule has 0 saturated heterocycles. The average Bonchev–Trinajstić information content (AvgIpc) is 3.28. The standard InChI is InChI=1S/C55H56N2O4/c1-5-9-12-14-18-32(16-8-4)56-52(58)42-28-24-38-34-20-22-36-40-26-30-44-51-45(55(61)57(54(44)60)33(17-11-7-3)19-15-13-10-6-2)31-27-41(49(40)51)37-23-21-35(46(34)47(36)37)39-25-29-43(53(56)59)50(42)48(38)39/h20-33H,5-19H2,1-4H3. The molecule has 2 unspecified atom stereocenters. The average molecular weight is 809 g/mol. The Morgan fingerprint density at radius 2 is 0.590 bits per heavy atom. The Bertz CT molecular complexity index is 2900. The number of nitrogens with zero attached hydrogens (tertiary/aromatic N) is 2. The Hall–Kier alpha value is -5.62. The van der Waals surface area contributed by atoms with E-state index in [0.29, 0.717) is 22.3 Å². The number of amides is 4. The molecule has 2 aliphatic rings. The lowest BCUT2D eigenvalue weighted by atomic mass is 9.80. The van der Waals surface area contributed by atoms with Gasteiger partial charge in [0.2, 0.25) is 0 Å². The quantitative estimate of drug-likeness (QED) is 0.0397. The van der Waals surface area contributed by atoms with Gasteiger partial charge in [-0.1, -0.05) is 147 Å². The van der Waals surface area contributed by atoms with Gasteiger partial charge in [-0.25, -0.2) is 0 Å². The van der Waals surface area contributed by atoms with E-state index in [1.807, 2.05) is 24.3 Å². The maximum absolute atomic E-state index is 14.5. The van der Waals surface area contributed by atoms with Gasteiger partial charge in [0.25, 0.3) is 23.6 Å². The molecular formula is C55H56N2O4. The van der Waals surface area contributed by atoms with Crippen molar-refractivity contribution in [3.05, 3.63) is 95.1 Å². The number of carbonyl (C=O) groups is 4. The normalized spacial score (nSPS) is 15.5. The Morgan fingerprint density at radius 1 is 0.311 bits per heavy atom. The summed E-state index contributed by atoms with van der Waals surface area (Å²) in [6.45, 7) is 8.70. The second-order valence-electron chi connectivity index (χ2n) is 18.1. The lowest BCUT2D eigenvalue weighted by Crippen LogP contribution is -2.47. The first-order chi connectivity index (χ1) is 29.8. The van der Waals surface area contributed by atoms with Crippen molar-refractivity contribution >= 4 is 99.0 Å². The number of carbonyl (C=O) groups excluding carboxylic acids is 4. The topological polar surface area (TPSA) is 74.8 Å². The highest BCUT2D eigenvalue weighted by atomic mass is 16.2. The SMILES string of the molecule is CCCCCCC(CCC)N1C(=O)c2ccc3c4ccc5c6ccc7c8c(ccc(c9ccc(c%10ccc(c2c3%10)C1=O)c4c59)c86)C(=O)N(C(CCCC)CCCCCC)C7=O. The summed E-state index contributed by atoms with van der Waals surface area (Å²) in [4.78, 5) is 61.2. The first-order valence-corrected chi connectivity index (χ1v) is 23.4. The molecule has 0 aliphatic carbocycles. The van der Waals surface area contributed by atoms with Gasteiger partial charge in [0.1, 0.15) is 0 Å². The summed E-state index contributed by atoms with van der Waals surface area (Å²) in [5.74, 6) is -0.686. The summed E-state index contributed by atoms with van der Waals surface area (Å²) >= 11 is 0. The Labute approximate surface area is 357 Å². The number of imide groups is 2. The minimum absolute atomic E-state index is 0.105. The summed E-state index contributed by atoms with van der Waals surface area (Å²) in [5.41, 5.74) is 2.47. The van der Waals surface area contributed by atoms with E-state index >= 15 is 0 Å². The van der Waals surface area contributed by atoms with Crippen LogP contribution in [0.4, 0.5) is 0 Å². The zero-order valence-corrected chi connectivity index (χ0v) is 36.2. The van der Waals surface area contributed by atoms with Crippen LogP contribution in [0.1, 0.15) is 165 Å². The molecule has 0 aromatic heterocycles. The molecule has 10 rings (SSSR count). The summed E-state index contributed by atoms with van der Waals surface area (Å²) in [6.07, 6.45) is 15.1. The van der Waals surface area contributed by atoms with Crippen LogP contribution in [0, 0.1) is 0 Å². The molecule has 0 N–H and O–H groups in total. The number of hydrogen-bond donors (Lipinski definition) is 0. The molecule has 61 heavy (non-hydrogen) atoms. The van der Waals surface area contributed by atoms with E-state index in [9.17, 15) is 19.2 Å². The van der Waals surface area contributed by atoms with Gasteiger partial charge >= 0.3 is 0 Å². The Kier molecular flexibility index (Phi) is 10.2. The third-order valence-electron chi connectivity index (χ3n) is 14.5. The molecule has 8 aromatic rings. The summed E-state index contributed by atoms with van der Waals surface area (Å²) in [7, 11) is 0. The number of rotatable bonds is 17. The molecule has 2 heterocycles. The van der Waals surface area contributed by atoms with Crippen LogP contribution in [0.5, 0.6) is 0 Å². The van der Waals surface area contributed by atoms with Crippen molar-refractivity contribution in [2.75, 3.05) is 0 Å². The fraction of sp³-hybridized carbons (Fsp3) is 0.382. The number of hydrogen-bond acceptors (Lipinski definition) is 4. The zero-order chi connectivity index (χ0) is 42.1. The first kappa shape index (κ1) is 39.5. The molecule has 2 aliphatic heterocycles. The predicted octanol–water partition coefficient (Wildman–Crippen LogP) is 14.5. The van der Waals surface area contributed by atoms with Crippen molar-refractivity contribution in [2.45, 2.75) is 136 Å². The van der Waals surface area contributed by atoms with E-state index < -0.39 is 0 Å². The molecule has 0 radical (unpaired) electrons. The zero-order valence-electron chi connectivity index (χ0n) is 36.2. The van der Waals surface area contributed by atoms with E-state index in [-0.39, 0.29) is 35.7 Å². The number of fused-ring (bicyclic) bond motifs is 4. The second kappa shape index (κ2) is 15.7. The van der Waals surface area contributed by atoms with Crippen molar-refractivity contribution in [2.24, 2.45) is 0 Å². The van der Waals surface area contributed by atoms with Crippen LogP contribution in [0.15, 0.2) is 72.8 Å². The van der Waals surface area contributed by atoms with Crippen LogP contribution < -0.4 is 0 Å². The molecule has 2 atom stereocenters. The lowest BCUT2D eigenvalue weighted by molar-refractivity contribution is 0.0502. The summed E-state index contributed by atoms with van der Waals surface area (Å²) in [5, 5.41) is 14.3. The van der Waals surface area contributed by atoms with Gasteiger partial charge in [0.15, 0.2) is 0 Å². The van der Waals surface area contributed by atoms with Gasteiger partial charge in [-0.2, -0.15) is 0 Å². The fourth-order valence-corrected chi connectivity index (χ4v) is 11.6. The molecule has 0 spiro atoms. The maximum atomic E-state index is 14.5. The van der Waals surface area contributed by atoms with E-state index in [1.54, 1.807) is 9.80 Å². The Balaban J connectivity index is 1.13. The molecule has 0 saturated carbocycles. The van der Waals surface area contributed by atoms with Crippen LogP contribution in [0.3, 0.4) is 0 Å². The van der Waals surface area contributed by atoms with Crippen molar-refractivity contribution in [1.82, 2.24) is 9.80 Å². The van der Waals surface area contributed by atoms with Crippen LogP contribution in [-0.4, -0.2) is 45.5 Å². The smallest absolute Gasteiger partial charge is 0.261 e. The number of unbranched alkanes of at least 4 members (excludes halogenated alkanes) is 7. The van der Waals surface area contributed by atoms with E-state index in [1.165, 1.54) is 0 Å². The van der Waals surface area contributed by atoms with E-state index in [4.69, 9.17) is 0 Å². The summed E-state index contributed by atoms with van der Waals surface area (Å²) in [6, 6.07) is 24.8. The van der Waals surface area contributed by atoms with Crippen molar-refractivity contribution < 1.29 is 19.2 Å². The van der Waals surface area contributed by atoms with Gasteiger partial charge in [-0.05, 0) is 115 Å². The minimum Gasteiger partial charge on any atom is -0.271 e. The predicted molar refractivity (Wildman–Crippen MR) is 252 cm³/mol. The monoisotopic (exact) mass is 808 g/mol. The van der Waals surface area contributed by atoms with E-state index in [0.717, 1.165) is 172 Å². The van der Waals surface area contributed by atoms with Gasteiger partial charge in [0.05, 0.1) is 0 Å². The highest BCUT2D eigenvalue weighted by Crippen LogP contribution is 2.50. The molecule has 6 nitrogen and oxygen atoms in total. The molecule has 0 fully saturated rings. The van der Waals surface area contributed by atoms with E-state index in [2.05, 4.69) is 76.2 Å². The maximum Gasteiger partial charge on any atom is 0.261 e. The minimum atomic E-state index is -0.175. The van der Waals surface area contributed by atoms with Gasteiger partial charge < -0.3 is 0 Å². The Morgan fingerprint density at radius 3 is 0.902 bits per heavy atom. The molecule has 0 bridgehead atoms. The number of benzene rings is 8. The fourth-order valence-electron chi connectivity index (χ4n) is 11.6. The molecular weight excluding hydrogens is 753 g/mol.